The fourth-order valence-electron chi connectivity index (χ4n) is 7.70. The van der Waals surface area contributed by atoms with Gasteiger partial charge in [0.15, 0.2) is 5.82 Å². The van der Waals surface area contributed by atoms with Crippen LogP contribution in [0.3, 0.4) is 0 Å². The molecule has 0 N–H and O–H groups in total. The Morgan fingerprint density at radius 2 is 0.863 bits per heavy atom. The maximum atomic E-state index is 5.18. The second kappa shape index (κ2) is 13.7. The van der Waals surface area contributed by atoms with Gasteiger partial charge in [-0.05, 0) is 77.8 Å². The Kier molecular flexibility index (Phi) is 8.31. The Balaban J connectivity index is 1.12. The van der Waals surface area contributed by atoms with E-state index in [9.17, 15) is 0 Å². The highest BCUT2D eigenvalue weighted by molar-refractivity contribution is 5.88. The molecule has 3 nitrogen and oxygen atoms in total. The van der Waals surface area contributed by atoms with Crippen molar-refractivity contribution in [3.63, 3.8) is 0 Å². The van der Waals surface area contributed by atoms with Gasteiger partial charge < -0.3 is 4.57 Å². The molecule has 3 heteroatoms. The Morgan fingerprint density at radius 1 is 0.392 bits per heavy atom. The molecule has 0 spiro atoms. The van der Waals surface area contributed by atoms with Crippen LogP contribution in [0.2, 0.25) is 0 Å². The van der Waals surface area contributed by atoms with Crippen molar-refractivity contribution in [1.29, 1.82) is 0 Å². The molecule has 6 aromatic carbocycles. The van der Waals surface area contributed by atoms with Gasteiger partial charge in [0.05, 0.1) is 16.9 Å². The molecule has 0 radical (unpaired) electrons. The number of rotatable bonds is 6. The van der Waals surface area contributed by atoms with Crippen molar-refractivity contribution in [2.24, 2.45) is 0 Å². The number of benzene rings is 6. The number of hydrogen-bond donors (Lipinski definition) is 0. The Bertz CT molecular complexity index is 2320. The normalized spacial score (nSPS) is 13.0. The Hall–Kier alpha value is -6.06. The fraction of sp³-hybridized carbons (Fsp3) is 0.125. The predicted octanol–water partition coefficient (Wildman–Crippen LogP) is 12.4. The van der Waals surface area contributed by atoms with Gasteiger partial charge in [0.25, 0.3) is 0 Å². The second-order valence-electron chi connectivity index (χ2n) is 13.6. The molecule has 1 aliphatic rings. The van der Waals surface area contributed by atoms with Gasteiger partial charge in [-0.15, -0.1) is 0 Å². The summed E-state index contributed by atoms with van der Waals surface area (Å²) in [4.78, 5) is 10.3. The van der Waals surface area contributed by atoms with Gasteiger partial charge in [-0.2, -0.15) is 0 Å². The highest BCUT2D eigenvalue weighted by Gasteiger charge is 2.19. The molecular formula is C48H39N3. The van der Waals surface area contributed by atoms with Crippen molar-refractivity contribution < 1.29 is 0 Å². The van der Waals surface area contributed by atoms with Crippen LogP contribution in [0.4, 0.5) is 0 Å². The summed E-state index contributed by atoms with van der Waals surface area (Å²) in [6.07, 6.45) is 7.42. The maximum Gasteiger partial charge on any atom is 0.160 e. The van der Waals surface area contributed by atoms with Gasteiger partial charge in [0.1, 0.15) is 0 Å². The minimum absolute atomic E-state index is 0.719. The van der Waals surface area contributed by atoms with E-state index in [1.54, 1.807) is 0 Å². The van der Waals surface area contributed by atoms with E-state index in [-0.39, 0.29) is 0 Å². The van der Waals surface area contributed by atoms with E-state index in [0.29, 0.717) is 0 Å². The smallest absolute Gasteiger partial charge is 0.160 e. The van der Waals surface area contributed by atoms with E-state index in [1.165, 1.54) is 75.8 Å². The van der Waals surface area contributed by atoms with Crippen LogP contribution in [0.15, 0.2) is 164 Å². The summed E-state index contributed by atoms with van der Waals surface area (Å²) in [5.74, 6) is 0.719. The molecule has 246 valence electrons. The molecule has 2 heterocycles. The van der Waals surface area contributed by atoms with Crippen molar-refractivity contribution in [3.8, 4) is 61.8 Å². The minimum Gasteiger partial charge on any atom is -0.313 e. The maximum absolute atomic E-state index is 5.18. The number of hydrogen-bond acceptors (Lipinski definition) is 2. The van der Waals surface area contributed by atoms with Crippen molar-refractivity contribution in [1.82, 2.24) is 14.5 Å². The van der Waals surface area contributed by atoms with Gasteiger partial charge in [0.2, 0.25) is 0 Å². The summed E-state index contributed by atoms with van der Waals surface area (Å²) in [5.41, 5.74) is 15.2. The highest BCUT2D eigenvalue weighted by atomic mass is 15.0. The molecule has 51 heavy (non-hydrogen) atoms. The van der Waals surface area contributed by atoms with Gasteiger partial charge in [0, 0.05) is 33.5 Å². The first-order valence-corrected chi connectivity index (χ1v) is 18.2. The minimum atomic E-state index is 0.719. The van der Waals surface area contributed by atoms with Crippen LogP contribution in [-0.4, -0.2) is 14.5 Å². The van der Waals surface area contributed by atoms with Gasteiger partial charge in [-0.1, -0.05) is 152 Å². The van der Waals surface area contributed by atoms with Crippen LogP contribution in [0.25, 0.3) is 72.7 Å². The lowest BCUT2D eigenvalue weighted by Gasteiger charge is -2.15. The van der Waals surface area contributed by atoms with Crippen LogP contribution in [-0.2, 0) is 12.8 Å². The molecule has 0 saturated carbocycles. The largest absolute Gasteiger partial charge is 0.313 e. The lowest BCUT2D eigenvalue weighted by Crippen LogP contribution is -2.05. The lowest BCUT2D eigenvalue weighted by molar-refractivity contribution is 0.608. The van der Waals surface area contributed by atoms with Crippen LogP contribution in [0, 0.1) is 0 Å². The molecule has 0 atom stereocenters. The number of para-hydroxylation sites is 1. The van der Waals surface area contributed by atoms with Gasteiger partial charge >= 0.3 is 0 Å². The first-order chi connectivity index (χ1) is 25.3. The van der Waals surface area contributed by atoms with Gasteiger partial charge in [-0.3, -0.25) is 0 Å². The quantitative estimate of drug-likeness (QED) is 0.178. The average Bonchev–Trinajstić information content (AvgIpc) is 3.50. The molecule has 0 fully saturated rings. The highest BCUT2D eigenvalue weighted by Crippen LogP contribution is 2.35. The topological polar surface area (TPSA) is 30.7 Å². The van der Waals surface area contributed by atoms with Crippen molar-refractivity contribution in [3.05, 3.63) is 175 Å². The zero-order valence-corrected chi connectivity index (χ0v) is 28.7. The second-order valence-corrected chi connectivity index (χ2v) is 13.6. The van der Waals surface area contributed by atoms with E-state index in [0.717, 1.165) is 46.7 Å². The number of nitrogens with zero attached hydrogens (tertiary/aromatic N) is 3. The average molecular weight is 658 g/mol. The van der Waals surface area contributed by atoms with E-state index >= 15 is 0 Å². The van der Waals surface area contributed by atoms with Crippen molar-refractivity contribution >= 4 is 10.9 Å². The molecule has 0 aliphatic heterocycles. The summed E-state index contributed by atoms with van der Waals surface area (Å²) in [5, 5.41) is 1.40. The number of aromatic nitrogens is 3. The van der Waals surface area contributed by atoms with Crippen LogP contribution >= 0.6 is 0 Å². The summed E-state index contributed by atoms with van der Waals surface area (Å²) in [6.45, 7) is 0. The molecule has 8 aromatic rings. The SMILES string of the molecule is c1ccc(-c2ccc(-c3cc(-c4ccc(-n5c6c(c7ccccc75)CCCCCC6)cc4)nc(-c4ccc(-c5ccccc5)cc4)n3)cc2)cc1. The first-order valence-electron chi connectivity index (χ1n) is 18.2. The molecule has 0 bridgehead atoms. The van der Waals surface area contributed by atoms with Crippen LogP contribution in [0.1, 0.15) is 36.9 Å². The molecule has 2 aromatic heterocycles. The summed E-state index contributed by atoms with van der Waals surface area (Å²) in [7, 11) is 0. The van der Waals surface area contributed by atoms with E-state index < -0.39 is 0 Å². The monoisotopic (exact) mass is 657 g/mol. The Labute approximate surface area is 299 Å². The molecule has 1 aliphatic carbocycles. The third-order valence-corrected chi connectivity index (χ3v) is 10.4. The van der Waals surface area contributed by atoms with E-state index in [4.69, 9.17) is 9.97 Å². The summed E-state index contributed by atoms with van der Waals surface area (Å²) < 4.78 is 2.51. The zero-order valence-electron chi connectivity index (χ0n) is 28.7. The summed E-state index contributed by atoms with van der Waals surface area (Å²) in [6, 6.07) is 58.4. The van der Waals surface area contributed by atoms with Crippen LogP contribution < -0.4 is 0 Å². The lowest BCUT2D eigenvalue weighted by atomic mass is 9.96. The van der Waals surface area contributed by atoms with E-state index in [1.807, 2.05) is 0 Å². The molecule has 9 rings (SSSR count). The standard InChI is InChI=1S/C48H39N3/c1-2-10-19-46-42(17-9-1)43-18-11-12-20-47(43)51(46)41-31-29-39(30-32-41)45-33-44(38-25-21-36(22-26-38)34-13-5-3-6-14-34)49-48(50-45)40-27-23-37(24-28-40)35-15-7-4-8-16-35/h3-8,11-16,18,20-33H,1-2,9-10,17,19H2. The molecular weight excluding hydrogens is 619 g/mol. The van der Waals surface area contributed by atoms with E-state index in [2.05, 4.69) is 168 Å². The first kappa shape index (κ1) is 31.0. The molecule has 0 saturated heterocycles. The third-order valence-electron chi connectivity index (χ3n) is 10.4. The van der Waals surface area contributed by atoms with Crippen molar-refractivity contribution in [2.45, 2.75) is 38.5 Å². The molecule has 0 amide bonds. The third kappa shape index (κ3) is 6.17. The fourth-order valence-corrected chi connectivity index (χ4v) is 7.70. The zero-order chi connectivity index (χ0) is 34.0. The predicted molar refractivity (Wildman–Crippen MR) is 212 cm³/mol. The number of aryl methyl sites for hydroxylation is 1. The number of fused-ring (bicyclic) bond motifs is 3. The van der Waals surface area contributed by atoms with Crippen LogP contribution in [0.5, 0.6) is 0 Å². The molecule has 0 unspecified atom stereocenters. The summed E-state index contributed by atoms with van der Waals surface area (Å²) >= 11 is 0. The van der Waals surface area contributed by atoms with Crippen molar-refractivity contribution in [2.75, 3.05) is 0 Å². The Morgan fingerprint density at radius 3 is 1.47 bits per heavy atom. The van der Waals surface area contributed by atoms with Gasteiger partial charge in [-0.25, -0.2) is 9.97 Å².